The van der Waals surface area contributed by atoms with E-state index in [0.717, 1.165) is 37.7 Å². The topological polar surface area (TPSA) is 33.7 Å². The Morgan fingerprint density at radius 2 is 1.90 bits per heavy atom. The predicted octanol–water partition coefficient (Wildman–Crippen LogP) is 2.28. The average Bonchev–Trinajstić information content (AvgIpc) is 2.90. The van der Waals surface area contributed by atoms with E-state index in [4.69, 9.17) is 9.47 Å². The first-order valence-electron chi connectivity index (χ1n) is 7.44. The van der Waals surface area contributed by atoms with E-state index >= 15 is 0 Å². The number of piperidine rings is 1. The summed E-state index contributed by atoms with van der Waals surface area (Å²) in [7, 11) is 3.42. The van der Waals surface area contributed by atoms with E-state index in [-0.39, 0.29) is 0 Å². The number of anilines is 1. The Labute approximate surface area is 121 Å². The largest absolute Gasteiger partial charge is 0.497 e. The highest BCUT2D eigenvalue weighted by Gasteiger charge is 2.39. The van der Waals surface area contributed by atoms with Crippen LogP contribution in [0.3, 0.4) is 0 Å². The number of methoxy groups -OCH3 is 2. The maximum absolute atomic E-state index is 5.54. The van der Waals surface area contributed by atoms with Crippen molar-refractivity contribution >= 4 is 5.69 Å². The van der Waals surface area contributed by atoms with Gasteiger partial charge in [0.15, 0.2) is 0 Å². The smallest absolute Gasteiger partial charge is 0.145 e. The van der Waals surface area contributed by atoms with Crippen molar-refractivity contribution in [1.29, 1.82) is 0 Å². The third kappa shape index (κ3) is 2.44. The lowest BCUT2D eigenvalue weighted by Crippen LogP contribution is -2.38. The molecule has 2 fully saturated rings. The number of nitrogens with zero attached hydrogens (tertiary/aromatic N) is 1. The SMILES string of the molecule is COc1ccc(N2CCC3(CCNCC3)C2)c(OC)c1. The van der Waals surface area contributed by atoms with Gasteiger partial charge in [-0.2, -0.15) is 0 Å². The van der Waals surface area contributed by atoms with E-state index in [1.54, 1.807) is 14.2 Å². The van der Waals surface area contributed by atoms with Crippen LogP contribution in [0.2, 0.25) is 0 Å². The molecule has 0 atom stereocenters. The van der Waals surface area contributed by atoms with Gasteiger partial charge in [-0.05, 0) is 49.9 Å². The Morgan fingerprint density at radius 3 is 2.60 bits per heavy atom. The van der Waals surface area contributed by atoms with Crippen LogP contribution in [0.4, 0.5) is 5.69 Å². The Hall–Kier alpha value is -1.42. The first-order chi connectivity index (χ1) is 9.76. The summed E-state index contributed by atoms with van der Waals surface area (Å²) < 4.78 is 10.8. The lowest BCUT2D eigenvalue weighted by Gasteiger charge is -2.34. The van der Waals surface area contributed by atoms with Gasteiger partial charge in [0.05, 0.1) is 19.9 Å². The summed E-state index contributed by atoms with van der Waals surface area (Å²) >= 11 is 0. The molecule has 2 heterocycles. The van der Waals surface area contributed by atoms with Crippen molar-refractivity contribution in [3.8, 4) is 11.5 Å². The van der Waals surface area contributed by atoms with Crippen molar-refractivity contribution in [2.75, 3.05) is 45.3 Å². The zero-order chi connectivity index (χ0) is 14.0. The van der Waals surface area contributed by atoms with E-state index in [2.05, 4.69) is 16.3 Å². The van der Waals surface area contributed by atoms with E-state index in [1.165, 1.54) is 24.9 Å². The maximum atomic E-state index is 5.54. The molecule has 0 bridgehead atoms. The second-order valence-corrected chi connectivity index (χ2v) is 5.96. The Morgan fingerprint density at radius 1 is 1.10 bits per heavy atom. The van der Waals surface area contributed by atoms with Gasteiger partial charge in [-0.1, -0.05) is 0 Å². The normalized spacial score (nSPS) is 21.2. The first-order valence-corrected chi connectivity index (χ1v) is 7.44. The minimum Gasteiger partial charge on any atom is -0.497 e. The summed E-state index contributed by atoms with van der Waals surface area (Å²) in [5.74, 6) is 1.76. The van der Waals surface area contributed by atoms with E-state index < -0.39 is 0 Å². The predicted molar refractivity (Wildman–Crippen MR) is 80.9 cm³/mol. The Kier molecular flexibility index (Phi) is 3.74. The second-order valence-electron chi connectivity index (χ2n) is 5.96. The molecule has 1 spiro atoms. The standard InChI is InChI=1S/C16H24N2O2/c1-19-13-3-4-14(15(11-13)20-2)18-10-7-16(12-18)5-8-17-9-6-16/h3-4,11,17H,5-10,12H2,1-2H3. The third-order valence-electron chi connectivity index (χ3n) is 4.83. The van der Waals surface area contributed by atoms with Gasteiger partial charge < -0.3 is 19.7 Å². The molecule has 2 aliphatic rings. The average molecular weight is 276 g/mol. The molecule has 0 amide bonds. The highest BCUT2D eigenvalue weighted by Crippen LogP contribution is 2.43. The summed E-state index contributed by atoms with van der Waals surface area (Å²) in [5.41, 5.74) is 1.71. The van der Waals surface area contributed by atoms with Crippen LogP contribution in [0.25, 0.3) is 0 Å². The van der Waals surface area contributed by atoms with Crippen LogP contribution in [-0.4, -0.2) is 40.4 Å². The van der Waals surface area contributed by atoms with Crippen molar-refractivity contribution in [2.45, 2.75) is 19.3 Å². The summed E-state index contributed by atoms with van der Waals surface area (Å²) in [6.45, 7) is 4.60. The molecule has 1 N–H and O–H groups in total. The minimum absolute atomic E-state index is 0.510. The van der Waals surface area contributed by atoms with E-state index in [0.29, 0.717) is 5.41 Å². The Balaban J connectivity index is 1.80. The van der Waals surface area contributed by atoms with Crippen molar-refractivity contribution < 1.29 is 9.47 Å². The second kappa shape index (κ2) is 5.52. The summed E-state index contributed by atoms with van der Waals surface area (Å²) in [6.07, 6.45) is 3.88. The quantitative estimate of drug-likeness (QED) is 0.918. The van der Waals surface area contributed by atoms with Crippen LogP contribution in [-0.2, 0) is 0 Å². The highest BCUT2D eigenvalue weighted by atomic mass is 16.5. The van der Waals surface area contributed by atoms with Crippen LogP contribution in [0.15, 0.2) is 18.2 Å². The molecule has 20 heavy (non-hydrogen) atoms. The summed E-state index contributed by atoms with van der Waals surface area (Å²) in [4.78, 5) is 2.48. The van der Waals surface area contributed by atoms with Crippen molar-refractivity contribution in [3.63, 3.8) is 0 Å². The molecule has 1 aromatic carbocycles. The van der Waals surface area contributed by atoms with Crippen LogP contribution < -0.4 is 19.7 Å². The number of hydrogen-bond donors (Lipinski definition) is 1. The van der Waals surface area contributed by atoms with Crippen LogP contribution in [0, 0.1) is 5.41 Å². The van der Waals surface area contributed by atoms with E-state index in [9.17, 15) is 0 Å². The molecular weight excluding hydrogens is 252 g/mol. The van der Waals surface area contributed by atoms with Gasteiger partial charge in [0.2, 0.25) is 0 Å². The number of ether oxygens (including phenoxy) is 2. The molecule has 3 rings (SSSR count). The lowest BCUT2D eigenvalue weighted by molar-refractivity contribution is 0.232. The fraction of sp³-hybridized carbons (Fsp3) is 0.625. The zero-order valence-electron chi connectivity index (χ0n) is 12.4. The molecule has 0 radical (unpaired) electrons. The molecule has 4 heteroatoms. The number of hydrogen-bond acceptors (Lipinski definition) is 4. The third-order valence-corrected chi connectivity index (χ3v) is 4.83. The zero-order valence-corrected chi connectivity index (χ0v) is 12.4. The van der Waals surface area contributed by atoms with Gasteiger partial charge in [-0.3, -0.25) is 0 Å². The van der Waals surface area contributed by atoms with E-state index in [1.807, 2.05) is 12.1 Å². The van der Waals surface area contributed by atoms with Crippen LogP contribution >= 0.6 is 0 Å². The lowest BCUT2D eigenvalue weighted by atomic mass is 9.78. The van der Waals surface area contributed by atoms with Crippen molar-refractivity contribution in [3.05, 3.63) is 18.2 Å². The van der Waals surface area contributed by atoms with Crippen molar-refractivity contribution in [1.82, 2.24) is 5.32 Å². The van der Waals surface area contributed by atoms with Gasteiger partial charge in [0.1, 0.15) is 11.5 Å². The molecule has 0 saturated carbocycles. The number of rotatable bonds is 3. The fourth-order valence-corrected chi connectivity index (χ4v) is 3.55. The maximum Gasteiger partial charge on any atom is 0.145 e. The van der Waals surface area contributed by atoms with Crippen LogP contribution in [0.5, 0.6) is 11.5 Å². The molecule has 0 aromatic heterocycles. The molecule has 1 aromatic rings. The summed E-state index contributed by atoms with van der Waals surface area (Å²) in [6, 6.07) is 6.12. The Bertz CT molecular complexity index is 470. The fourth-order valence-electron chi connectivity index (χ4n) is 3.55. The molecule has 0 unspecified atom stereocenters. The summed E-state index contributed by atoms with van der Waals surface area (Å²) in [5, 5.41) is 3.47. The first kappa shape index (κ1) is 13.6. The molecule has 110 valence electrons. The van der Waals surface area contributed by atoms with Crippen LogP contribution in [0.1, 0.15) is 19.3 Å². The van der Waals surface area contributed by atoms with Gasteiger partial charge >= 0.3 is 0 Å². The van der Waals surface area contributed by atoms with Crippen molar-refractivity contribution in [2.24, 2.45) is 5.41 Å². The highest BCUT2D eigenvalue weighted by molar-refractivity contribution is 5.61. The molecule has 2 saturated heterocycles. The number of benzene rings is 1. The molecule has 4 nitrogen and oxygen atoms in total. The molecule has 0 aliphatic carbocycles. The van der Waals surface area contributed by atoms with Gasteiger partial charge in [-0.15, -0.1) is 0 Å². The van der Waals surface area contributed by atoms with Gasteiger partial charge in [-0.25, -0.2) is 0 Å². The van der Waals surface area contributed by atoms with Gasteiger partial charge in [0, 0.05) is 19.2 Å². The monoisotopic (exact) mass is 276 g/mol. The van der Waals surface area contributed by atoms with Gasteiger partial charge in [0.25, 0.3) is 0 Å². The molecular formula is C16H24N2O2. The molecule has 2 aliphatic heterocycles. The number of nitrogens with one attached hydrogen (secondary N) is 1. The minimum atomic E-state index is 0.510.